The van der Waals surface area contributed by atoms with Crippen LogP contribution in [-0.4, -0.2) is 36.7 Å². The van der Waals surface area contributed by atoms with E-state index in [-0.39, 0.29) is 5.91 Å². The van der Waals surface area contributed by atoms with Gasteiger partial charge in [-0.25, -0.2) is 5.01 Å². The van der Waals surface area contributed by atoms with Crippen molar-refractivity contribution in [3.8, 4) is 0 Å². The highest BCUT2D eigenvalue weighted by Crippen LogP contribution is 2.42. The minimum atomic E-state index is -0.595. The average Bonchev–Trinajstić information content (AvgIpc) is 2.45. The molecule has 0 aromatic heterocycles. The Labute approximate surface area is 94.5 Å². The number of amides is 1. The van der Waals surface area contributed by atoms with Gasteiger partial charge in [0.2, 0.25) is 5.90 Å². The number of carbonyl (C=O) groups excluding carboxylic acids is 1. The van der Waals surface area contributed by atoms with E-state index in [1.165, 1.54) is 5.01 Å². The molecule has 0 aromatic carbocycles. The van der Waals surface area contributed by atoms with E-state index in [1.54, 1.807) is 14.2 Å². The first-order valence-electron chi connectivity index (χ1n) is 5.11. The van der Waals surface area contributed by atoms with Gasteiger partial charge in [0.1, 0.15) is 5.41 Å². The Morgan fingerprint density at radius 2 is 2.00 bits per heavy atom. The lowest BCUT2D eigenvalue weighted by Gasteiger charge is -2.34. The first-order valence-corrected chi connectivity index (χ1v) is 5.11. The normalized spacial score (nSPS) is 29.1. The van der Waals surface area contributed by atoms with Crippen LogP contribution in [0.15, 0.2) is 21.4 Å². The molecule has 5 nitrogen and oxygen atoms in total. The minimum Gasteiger partial charge on any atom is -0.482 e. The Morgan fingerprint density at radius 3 is 2.56 bits per heavy atom. The number of ether oxygens (including phenoxy) is 1. The molecule has 16 heavy (non-hydrogen) atoms. The second-order valence-electron chi connectivity index (χ2n) is 4.22. The Morgan fingerprint density at radius 1 is 1.38 bits per heavy atom. The zero-order valence-corrected chi connectivity index (χ0v) is 10.2. The van der Waals surface area contributed by atoms with Crippen LogP contribution in [0.3, 0.4) is 0 Å². The summed E-state index contributed by atoms with van der Waals surface area (Å²) < 4.78 is 5.29. The zero-order chi connectivity index (χ0) is 12.1. The van der Waals surface area contributed by atoms with Crippen LogP contribution in [0.25, 0.3) is 0 Å². The molecule has 0 aromatic rings. The standard InChI is InChI=1S/C11H15N3O2/c1-6-8-9(15)14(4)13-10(16-5)11(8,3)7(2)12-6/h1-5H3. The van der Waals surface area contributed by atoms with Crippen molar-refractivity contribution in [2.75, 3.05) is 14.2 Å². The molecular formula is C11H15N3O2. The van der Waals surface area contributed by atoms with Crippen LogP contribution < -0.4 is 0 Å². The molecule has 0 saturated heterocycles. The van der Waals surface area contributed by atoms with Gasteiger partial charge in [-0.1, -0.05) is 0 Å². The summed E-state index contributed by atoms with van der Waals surface area (Å²) in [4.78, 5) is 16.4. The molecule has 0 spiro atoms. The molecule has 0 radical (unpaired) electrons. The Bertz CT molecular complexity index is 462. The van der Waals surface area contributed by atoms with Crippen LogP contribution in [0.2, 0.25) is 0 Å². The molecule has 1 unspecified atom stereocenters. The van der Waals surface area contributed by atoms with Crippen molar-refractivity contribution in [3.63, 3.8) is 0 Å². The second kappa shape index (κ2) is 3.17. The third-order valence-electron chi connectivity index (χ3n) is 3.29. The molecule has 2 rings (SSSR count). The number of methoxy groups -OCH3 is 1. The molecule has 0 fully saturated rings. The average molecular weight is 221 g/mol. The van der Waals surface area contributed by atoms with Gasteiger partial charge in [0.05, 0.1) is 12.7 Å². The number of nitrogens with zero attached hydrogens (tertiary/aromatic N) is 3. The summed E-state index contributed by atoms with van der Waals surface area (Å²) >= 11 is 0. The van der Waals surface area contributed by atoms with E-state index in [2.05, 4.69) is 10.1 Å². The first kappa shape index (κ1) is 10.9. The Kier molecular flexibility index (Phi) is 2.15. The predicted octanol–water partition coefficient (Wildman–Crippen LogP) is 1.17. The number of allylic oxidation sites excluding steroid dienone is 1. The van der Waals surface area contributed by atoms with Gasteiger partial charge in [-0.15, -0.1) is 5.10 Å². The van der Waals surface area contributed by atoms with Crippen LogP contribution in [0.5, 0.6) is 0 Å². The van der Waals surface area contributed by atoms with Gasteiger partial charge in [-0.3, -0.25) is 9.79 Å². The quantitative estimate of drug-likeness (QED) is 0.616. The fourth-order valence-electron chi connectivity index (χ4n) is 2.28. The topological polar surface area (TPSA) is 54.3 Å². The summed E-state index contributed by atoms with van der Waals surface area (Å²) in [6.45, 7) is 5.66. The third kappa shape index (κ3) is 1.08. The van der Waals surface area contributed by atoms with Gasteiger partial charge in [0.15, 0.2) is 0 Å². The van der Waals surface area contributed by atoms with E-state index in [0.717, 1.165) is 11.4 Å². The van der Waals surface area contributed by atoms with E-state index in [4.69, 9.17) is 4.74 Å². The first-order chi connectivity index (χ1) is 7.42. The summed E-state index contributed by atoms with van der Waals surface area (Å²) in [5, 5.41) is 5.44. The van der Waals surface area contributed by atoms with Gasteiger partial charge >= 0.3 is 0 Å². The maximum Gasteiger partial charge on any atom is 0.273 e. The molecule has 86 valence electrons. The van der Waals surface area contributed by atoms with E-state index >= 15 is 0 Å². The molecular weight excluding hydrogens is 206 g/mol. The lowest BCUT2D eigenvalue weighted by Crippen LogP contribution is -2.46. The van der Waals surface area contributed by atoms with Crippen LogP contribution in [0, 0.1) is 5.41 Å². The highest BCUT2D eigenvalue weighted by Gasteiger charge is 2.51. The fraction of sp³-hybridized carbons (Fsp3) is 0.545. The van der Waals surface area contributed by atoms with Crippen molar-refractivity contribution in [2.24, 2.45) is 15.5 Å². The van der Waals surface area contributed by atoms with Crippen molar-refractivity contribution in [1.29, 1.82) is 0 Å². The van der Waals surface area contributed by atoms with Gasteiger partial charge in [-0.2, -0.15) is 0 Å². The van der Waals surface area contributed by atoms with Crippen LogP contribution in [-0.2, 0) is 9.53 Å². The molecule has 0 saturated carbocycles. The maximum absolute atomic E-state index is 12.1. The van der Waals surface area contributed by atoms with E-state index in [0.29, 0.717) is 11.5 Å². The number of hydrogen-bond acceptors (Lipinski definition) is 4. The largest absolute Gasteiger partial charge is 0.482 e. The van der Waals surface area contributed by atoms with Crippen molar-refractivity contribution in [1.82, 2.24) is 5.01 Å². The second-order valence-corrected chi connectivity index (χ2v) is 4.22. The van der Waals surface area contributed by atoms with Gasteiger partial charge in [0, 0.05) is 18.5 Å². The maximum atomic E-state index is 12.1. The number of likely N-dealkylation sites (N-methyl/N-ethyl adjacent to an activating group) is 1. The zero-order valence-electron chi connectivity index (χ0n) is 10.2. The van der Waals surface area contributed by atoms with Gasteiger partial charge in [0.25, 0.3) is 5.91 Å². The molecule has 1 atom stereocenters. The lowest BCUT2D eigenvalue weighted by atomic mass is 9.77. The highest BCUT2D eigenvalue weighted by molar-refractivity contribution is 6.21. The van der Waals surface area contributed by atoms with Crippen molar-refractivity contribution in [2.45, 2.75) is 20.8 Å². The molecule has 2 aliphatic heterocycles. The van der Waals surface area contributed by atoms with Crippen LogP contribution >= 0.6 is 0 Å². The van der Waals surface area contributed by atoms with Gasteiger partial charge < -0.3 is 4.74 Å². The van der Waals surface area contributed by atoms with Crippen molar-refractivity contribution < 1.29 is 9.53 Å². The third-order valence-corrected chi connectivity index (χ3v) is 3.29. The predicted molar refractivity (Wildman–Crippen MR) is 61.1 cm³/mol. The Hall–Kier alpha value is -1.65. The van der Waals surface area contributed by atoms with E-state index in [1.807, 2.05) is 20.8 Å². The minimum absolute atomic E-state index is 0.110. The van der Waals surface area contributed by atoms with Crippen molar-refractivity contribution >= 4 is 17.5 Å². The summed E-state index contributed by atoms with van der Waals surface area (Å²) in [6.07, 6.45) is 0. The van der Waals surface area contributed by atoms with E-state index in [9.17, 15) is 4.79 Å². The van der Waals surface area contributed by atoms with Gasteiger partial charge in [-0.05, 0) is 20.8 Å². The number of hydrazone groups is 1. The molecule has 0 aliphatic carbocycles. The highest BCUT2D eigenvalue weighted by atomic mass is 16.5. The SMILES string of the molecule is COC1=NN(C)C(=O)C2=C(C)N=C(C)C12C. The molecule has 0 bridgehead atoms. The fourth-order valence-corrected chi connectivity index (χ4v) is 2.28. The van der Waals surface area contributed by atoms with Crippen molar-refractivity contribution in [3.05, 3.63) is 11.3 Å². The summed E-state index contributed by atoms with van der Waals surface area (Å²) in [5.74, 6) is 0.407. The molecule has 5 heteroatoms. The molecule has 1 amide bonds. The summed E-state index contributed by atoms with van der Waals surface area (Å²) in [7, 11) is 3.18. The number of carbonyl (C=O) groups is 1. The van der Waals surface area contributed by atoms with Crippen LogP contribution in [0.1, 0.15) is 20.8 Å². The number of rotatable bonds is 0. The molecule has 2 aliphatic rings. The molecule has 2 heterocycles. The number of aliphatic imine (C=N–C) groups is 1. The van der Waals surface area contributed by atoms with E-state index < -0.39 is 5.41 Å². The Balaban J connectivity index is 2.68. The summed E-state index contributed by atoms with van der Waals surface area (Å²) in [5.41, 5.74) is 1.67. The smallest absolute Gasteiger partial charge is 0.273 e. The summed E-state index contributed by atoms with van der Waals surface area (Å²) in [6, 6.07) is 0. The van der Waals surface area contributed by atoms with Crippen LogP contribution in [0.4, 0.5) is 0 Å². The number of fused-ring (bicyclic) bond motifs is 1. The lowest BCUT2D eigenvalue weighted by molar-refractivity contribution is -0.127. The number of hydrogen-bond donors (Lipinski definition) is 0. The monoisotopic (exact) mass is 221 g/mol. The molecule has 0 N–H and O–H groups in total.